The van der Waals surface area contributed by atoms with Gasteiger partial charge in [-0.05, 0) is 43.0 Å². The molecule has 2 aromatic heterocycles. The first-order valence-electron chi connectivity index (χ1n) is 8.87. The van der Waals surface area contributed by atoms with Crippen molar-refractivity contribution >= 4 is 11.6 Å². The average molecular weight is 434 g/mol. The van der Waals surface area contributed by atoms with E-state index in [1.165, 1.54) is 6.20 Å². The van der Waals surface area contributed by atoms with E-state index in [0.717, 1.165) is 25.0 Å². The SMILES string of the molecule is O=c1cc(-c2ccc(C#CC3CC3)nc2)nc(-c2c(C(F)(F)F)ccc(Cl)c2F)[nH]1. The number of aromatic amines is 1. The van der Waals surface area contributed by atoms with Crippen LogP contribution in [-0.2, 0) is 6.18 Å². The number of nitrogens with one attached hydrogen (secondary N) is 1. The summed E-state index contributed by atoms with van der Waals surface area (Å²) in [7, 11) is 0. The van der Waals surface area contributed by atoms with Crippen molar-refractivity contribution in [1.82, 2.24) is 15.0 Å². The van der Waals surface area contributed by atoms with Gasteiger partial charge < -0.3 is 4.98 Å². The Balaban J connectivity index is 1.79. The molecule has 0 atom stereocenters. The van der Waals surface area contributed by atoms with Gasteiger partial charge in [-0.25, -0.2) is 14.4 Å². The monoisotopic (exact) mass is 433 g/mol. The topological polar surface area (TPSA) is 58.6 Å². The minimum atomic E-state index is -4.88. The smallest absolute Gasteiger partial charge is 0.306 e. The molecular formula is C21H12ClF4N3O. The predicted molar refractivity (Wildman–Crippen MR) is 103 cm³/mol. The zero-order chi connectivity index (χ0) is 21.5. The van der Waals surface area contributed by atoms with Crippen LogP contribution in [0.5, 0.6) is 0 Å². The van der Waals surface area contributed by atoms with Crippen LogP contribution in [0.1, 0.15) is 24.1 Å². The van der Waals surface area contributed by atoms with Crippen LogP contribution in [0, 0.1) is 23.6 Å². The molecule has 1 aromatic carbocycles. The third-order valence-electron chi connectivity index (χ3n) is 4.42. The molecule has 4 rings (SSSR count). The molecule has 152 valence electrons. The molecule has 0 spiro atoms. The molecule has 2 heterocycles. The molecule has 1 saturated carbocycles. The highest BCUT2D eigenvalue weighted by Gasteiger charge is 2.36. The molecule has 4 nitrogen and oxygen atoms in total. The normalized spacial score (nSPS) is 13.6. The third-order valence-corrected chi connectivity index (χ3v) is 4.71. The van der Waals surface area contributed by atoms with Crippen molar-refractivity contribution in [2.75, 3.05) is 0 Å². The minimum absolute atomic E-state index is 0.0375. The number of nitrogens with zero attached hydrogens (tertiary/aromatic N) is 2. The summed E-state index contributed by atoms with van der Waals surface area (Å²) in [5.74, 6) is 4.49. The van der Waals surface area contributed by atoms with E-state index in [0.29, 0.717) is 23.2 Å². The van der Waals surface area contributed by atoms with E-state index in [9.17, 15) is 22.4 Å². The Morgan fingerprint density at radius 3 is 2.57 bits per heavy atom. The zero-order valence-electron chi connectivity index (χ0n) is 15.1. The molecule has 1 aliphatic rings. The Labute approximate surface area is 173 Å². The molecule has 1 N–H and O–H groups in total. The van der Waals surface area contributed by atoms with Crippen molar-refractivity contribution in [3.05, 3.63) is 69.0 Å². The lowest BCUT2D eigenvalue weighted by Gasteiger charge is -2.14. The lowest BCUT2D eigenvalue weighted by Crippen LogP contribution is -2.14. The van der Waals surface area contributed by atoms with Gasteiger partial charge >= 0.3 is 6.18 Å². The van der Waals surface area contributed by atoms with Crippen LogP contribution in [0.15, 0.2) is 41.3 Å². The van der Waals surface area contributed by atoms with Crippen LogP contribution in [0.4, 0.5) is 17.6 Å². The van der Waals surface area contributed by atoms with Gasteiger partial charge in [0.15, 0.2) is 5.82 Å². The first-order valence-corrected chi connectivity index (χ1v) is 9.25. The molecule has 1 fully saturated rings. The zero-order valence-corrected chi connectivity index (χ0v) is 15.9. The molecule has 0 aliphatic heterocycles. The summed E-state index contributed by atoms with van der Waals surface area (Å²) in [5, 5.41) is -0.522. The fourth-order valence-electron chi connectivity index (χ4n) is 2.77. The number of H-pyrrole nitrogens is 1. The number of rotatable bonds is 2. The van der Waals surface area contributed by atoms with Crippen molar-refractivity contribution in [3.8, 4) is 34.5 Å². The Morgan fingerprint density at radius 1 is 1.17 bits per heavy atom. The van der Waals surface area contributed by atoms with Crippen LogP contribution in [0.3, 0.4) is 0 Å². The quantitative estimate of drug-likeness (QED) is 0.453. The summed E-state index contributed by atoms with van der Waals surface area (Å²) in [6.07, 6.45) is -1.32. The summed E-state index contributed by atoms with van der Waals surface area (Å²) >= 11 is 5.67. The maximum Gasteiger partial charge on any atom is 0.417 e. The van der Waals surface area contributed by atoms with E-state index < -0.39 is 39.5 Å². The molecule has 1 aliphatic carbocycles. The number of hydrogen-bond donors (Lipinski definition) is 1. The maximum absolute atomic E-state index is 14.5. The molecule has 0 radical (unpaired) electrons. The van der Waals surface area contributed by atoms with Crippen molar-refractivity contribution in [2.45, 2.75) is 19.0 Å². The van der Waals surface area contributed by atoms with Gasteiger partial charge in [-0.15, -0.1) is 0 Å². The number of aromatic nitrogens is 3. The van der Waals surface area contributed by atoms with E-state index in [-0.39, 0.29) is 5.69 Å². The van der Waals surface area contributed by atoms with Crippen LogP contribution in [0.2, 0.25) is 5.02 Å². The second kappa shape index (κ2) is 7.58. The molecule has 0 bridgehead atoms. The summed E-state index contributed by atoms with van der Waals surface area (Å²) in [5.41, 5.74) is -2.04. The van der Waals surface area contributed by atoms with Crippen molar-refractivity contribution < 1.29 is 17.6 Å². The highest BCUT2D eigenvalue weighted by molar-refractivity contribution is 6.31. The van der Waals surface area contributed by atoms with E-state index in [1.807, 2.05) is 0 Å². The van der Waals surface area contributed by atoms with Gasteiger partial charge in [-0.1, -0.05) is 17.5 Å². The molecule has 0 amide bonds. The van der Waals surface area contributed by atoms with Gasteiger partial charge in [-0.3, -0.25) is 4.79 Å². The lowest BCUT2D eigenvalue weighted by atomic mass is 10.0. The molecule has 0 unspecified atom stereocenters. The second-order valence-electron chi connectivity index (χ2n) is 6.74. The van der Waals surface area contributed by atoms with E-state index in [2.05, 4.69) is 26.8 Å². The van der Waals surface area contributed by atoms with Gasteiger partial charge in [-0.2, -0.15) is 13.2 Å². The number of alkyl halides is 3. The standard InChI is InChI=1S/C21H12ClF4N3O/c22-15-8-7-14(21(24,25)26)18(19(15)23)20-28-16(9-17(30)29-20)12-4-6-13(27-10-12)5-3-11-1-2-11/h4,6-11H,1-2H2,(H,28,29,30). The third kappa shape index (κ3) is 4.21. The fourth-order valence-corrected chi connectivity index (χ4v) is 2.92. The van der Waals surface area contributed by atoms with Crippen molar-refractivity contribution in [2.24, 2.45) is 5.92 Å². The van der Waals surface area contributed by atoms with Crippen LogP contribution < -0.4 is 5.56 Å². The van der Waals surface area contributed by atoms with Gasteiger partial charge in [0.2, 0.25) is 0 Å². The molecule has 3 aromatic rings. The summed E-state index contributed by atoms with van der Waals surface area (Å²) in [6, 6.07) is 5.74. The van der Waals surface area contributed by atoms with Gasteiger partial charge in [0, 0.05) is 23.7 Å². The molecular weight excluding hydrogens is 422 g/mol. The van der Waals surface area contributed by atoms with E-state index in [4.69, 9.17) is 11.6 Å². The highest BCUT2D eigenvalue weighted by atomic mass is 35.5. The van der Waals surface area contributed by atoms with Gasteiger partial charge in [0.1, 0.15) is 11.5 Å². The fraction of sp³-hybridized carbons (Fsp3) is 0.190. The summed E-state index contributed by atoms with van der Waals surface area (Å²) in [4.78, 5) is 22.5. The summed E-state index contributed by atoms with van der Waals surface area (Å²) in [6.45, 7) is 0. The molecule has 30 heavy (non-hydrogen) atoms. The average Bonchev–Trinajstić information content (AvgIpc) is 3.52. The van der Waals surface area contributed by atoms with Crippen molar-refractivity contribution in [3.63, 3.8) is 0 Å². The van der Waals surface area contributed by atoms with E-state index >= 15 is 0 Å². The molecule has 0 saturated heterocycles. The summed E-state index contributed by atoms with van der Waals surface area (Å²) < 4.78 is 54.7. The molecule has 9 heteroatoms. The van der Waals surface area contributed by atoms with Crippen LogP contribution >= 0.6 is 11.6 Å². The van der Waals surface area contributed by atoms with Crippen LogP contribution in [-0.4, -0.2) is 15.0 Å². The van der Waals surface area contributed by atoms with Gasteiger partial charge in [0.05, 0.1) is 21.8 Å². The van der Waals surface area contributed by atoms with Gasteiger partial charge in [0.25, 0.3) is 5.56 Å². The number of pyridine rings is 1. The minimum Gasteiger partial charge on any atom is -0.306 e. The first-order chi connectivity index (χ1) is 14.2. The Bertz CT molecular complexity index is 1240. The first kappa shape index (κ1) is 20.1. The maximum atomic E-state index is 14.5. The largest absolute Gasteiger partial charge is 0.417 e. The highest BCUT2D eigenvalue weighted by Crippen LogP contribution is 2.39. The second-order valence-corrected chi connectivity index (χ2v) is 7.14. The Hall–Kier alpha value is -3.18. The number of hydrogen-bond acceptors (Lipinski definition) is 3. The Kier molecular flexibility index (Phi) is 5.08. The number of halogens is 5. The Morgan fingerprint density at radius 2 is 1.93 bits per heavy atom. The van der Waals surface area contributed by atoms with E-state index in [1.54, 1.807) is 12.1 Å². The van der Waals surface area contributed by atoms with Crippen LogP contribution in [0.25, 0.3) is 22.6 Å². The predicted octanol–water partition coefficient (Wildman–Crippen LogP) is 5.07. The van der Waals surface area contributed by atoms with Crippen molar-refractivity contribution in [1.29, 1.82) is 0 Å². The lowest BCUT2D eigenvalue weighted by molar-refractivity contribution is -0.137. The number of benzene rings is 1.